The van der Waals surface area contributed by atoms with Crippen LogP contribution in [0.15, 0.2) is 5.38 Å². The lowest BCUT2D eigenvalue weighted by Crippen LogP contribution is -2.53. The molecule has 1 aromatic heterocycles. The van der Waals surface area contributed by atoms with Gasteiger partial charge in [0, 0.05) is 6.54 Å². The monoisotopic (exact) mass is 308 g/mol. The van der Waals surface area contributed by atoms with Crippen LogP contribution in [-0.2, 0) is 0 Å². The Balaban J connectivity index is 0.00000162. The highest BCUT2D eigenvalue weighted by Gasteiger charge is 2.42. The normalized spacial score (nSPS) is 17.8. The van der Waals surface area contributed by atoms with E-state index in [-0.39, 0.29) is 23.9 Å². The predicted octanol–water partition coefficient (Wildman–Crippen LogP) is 2.99. The van der Waals surface area contributed by atoms with Crippen LogP contribution in [-0.4, -0.2) is 18.0 Å². The van der Waals surface area contributed by atoms with Crippen molar-refractivity contribution < 1.29 is 4.79 Å². The molecule has 1 unspecified atom stereocenters. The molecule has 1 saturated carbocycles. The van der Waals surface area contributed by atoms with E-state index in [9.17, 15) is 4.79 Å². The largest absolute Gasteiger partial charge is 0.345 e. The van der Waals surface area contributed by atoms with E-state index in [2.05, 4.69) is 5.32 Å². The van der Waals surface area contributed by atoms with Crippen LogP contribution < -0.4 is 11.1 Å². The minimum absolute atomic E-state index is 0. The molecule has 0 aromatic carbocycles. The van der Waals surface area contributed by atoms with Crippen molar-refractivity contribution in [1.29, 1.82) is 0 Å². The van der Waals surface area contributed by atoms with Gasteiger partial charge in [-0.2, -0.15) is 0 Å². The van der Waals surface area contributed by atoms with Crippen molar-refractivity contribution in [3.05, 3.63) is 20.8 Å². The maximum atomic E-state index is 12.1. The van der Waals surface area contributed by atoms with Crippen LogP contribution in [0.1, 0.15) is 35.0 Å². The molecule has 0 saturated heterocycles. The first kappa shape index (κ1) is 15.8. The summed E-state index contributed by atoms with van der Waals surface area (Å²) in [5, 5.41) is 5.49. The number of aryl methyl sites for hydroxylation is 1. The maximum Gasteiger partial charge on any atom is 0.263 e. The zero-order valence-corrected chi connectivity index (χ0v) is 12.8. The van der Waals surface area contributed by atoms with E-state index in [1.165, 1.54) is 11.3 Å². The number of amides is 1. The van der Waals surface area contributed by atoms with Crippen LogP contribution in [0, 0.1) is 12.8 Å². The molecule has 3 N–H and O–H groups in total. The molecule has 1 aliphatic rings. The highest BCUT2D eigenvalue weighted by atomic mass is 35.5. The van der Waals surface area contributed by atoms with Crippen molar-refractivity contribution in [3.63, 3.8) is 0 Å². The van der Waals surface area contributed by atoms with Crippen LogP contribution in [0.3, 0.4) is 0 Å². The van der Waals surface area contributed by atoms with E-state index in [0.717, 1.165) is 18.4 Å². The van der Waals surface area contributed by atoms with Crippen molar-refractivity contribution in [2.24, 2.45) is 11.7 Å². The molecule has 1 atom stereocenters. The van der Waals surface area contributed by atoms with Gasteiger partial charge in [-0.25, -0.2) is 0 Å². The Kier molecular flexibility index (Phi) is 5.06. The topological polar surface area (TPSA) is 55.1 Å². The fraction of sp³-hybridized carbons (Fsp3) is 0.583. The molecule has 6 heteroatoms. The third kappa shape index (κ3) is 2.99. The van der Waals surface area contributed by atoms with E-state index < -0.39 is 0 Å². The Hall–Kier alpha value is -0.290. The Bertz CT molecular complexity index is 445. The Labute approximate surface area is 122 Å². The highest BCUT2D eigenvalue weighted by Crippen LogP contribution is 2.39. The molecule has 2 rings (SSSR count). The molecule has 0 bridgehead atoms. The summed E-state index contributed by atoms with van der Waals surface area (Å²) >= 11 is 7.47. The lowest BCUT2D eigenvalue weighted by atomic mass is 9.96. The molecular weight excluding hydrogens is 291 g/mol. The van der Waals surface area contributed by atoms with Gasteiger partial charge in [0.15, 0.2) is 0 Å². The van der Waals surface area contributed by atoms with Gasteiger partial charge in [-0.05, 0) is 43.6 Å². The summed E-state index contributed by atoms with van der Waals surface area (Å²) in [5.74, 6) is 0.407. The summed E-state index contributed by atoms with van der Waals surface area (Å²) in [4.78, 5) is 12.7. The van der Waals surface area contributed by atoms with Gasteiger partial charge in [0.2, 0.25) is 0 Å². The van der Waals surface area contributed by atoms with Gasteiger partial charge in [0.1, 0.15) is 4.88 Å². The molecular formula is C12H18Cl2N2OS. The smallest absolute Gasteiger partial charge is 0.263 e. The van der Waals surface area contributed by atoms with E-state index >= 15 is 0 Å². The summed E-state index contributed by atoms with van der Waals surface area (Å²) in [7, 11) is 0. The fourth-order valence-electron chi connectivity index (χ4n) is 1.94. The third-order valence-corrected chi connectivity index (χ3v) is 5.10. The van der Waals surface area contributed by atoms with Crippen molar-refractivity contribution in [2.45, 2.75) is 32.2 Å². The van der Waals surface area contributed by atoms with Crippen molar-refractivity contribution in [1.82, 2.24) is 5.32 Å². The molecule has 18 heavy (non-hydrogen) atoms. The Morgan fingerprint density at radius 1 is 1.67 bits per heavy atom. The van der Waals surface area contributed by atoms with Gasteiger partial charge in [-0.3, -0.25) is 4.79 Å². The third-order valence-electron chi connectivity index (χ3n) is 3.41. The van der Waals surface area contributed by atoms with E-state index in [0.29, 0.717) is 22.4 Å². The molecule has 0 spiro atoms. The molecule has 1 aliphatic carbocycles. The summed E-state index contributed by atoms with van der Waals surface area (Å²) in [6.07, 6.45) is 2.29. The number of thiophene rings is 1. The summed E-state index contributed by atoms with van der Waals surface area (Å²) in [5.41, 5.74) is 6.43. The summed E-state index contributed by atoms with van der Waals surface area (Å²) in [6.45, 7) is 4.38. The first-order valence-corrected chi connectivity index (χ1v) is 7.00. The van der Waals surface area contributed by atoms with Crippen LogP contribution in [0.25, 0.3) is 0 Å². The van der Waals surface area contributed by atoms with Crippen molar-refractivity contribution >= 4 is 41.3 Å². The standard InChI is InChI=1S/C12H17ClN2OS.ClH/c1-7-5-17-10(9(7)13)11(16)15-12(2,6-14)8-3-4-8;/h5,8H,3-4,6,14H2,1-2H3,(H,15,16);1H. The van der Waals surface area contributed by atoms with Gasteiger partial charge in [0.05, 0.1) is 10.6 Å². The van der Waals surface area contributed by atoms with Gasteiger partial charge in [0.25, 0.3) is 5.91 Å². The molecule has 1 fully saturated rings. The average molecular weight is 309 g/mol. The summed E-state index contributed by atoms with van der Waals surface area (Å²) < 4.78 is 0. The van der Waals surface area contributed by atoms with Gasteiger partial charge >= 0.3 is 0 Å². The predicted molar refractivity (Wildman–Crippen MR) is 79.0 cm³/mol. The number of carbonyl (C=O) groups excluding carboxylic acids is 1. The number of nitrogens with one attached hydrogen (secondary N) is 1. The van der Waals surface area contributed by atoms with Crippen LogP contribution in [0.2, 0.25) is 5.02 Å². The first-order chi connectivity index (χ1) is 7.98. The first-order valence-electron chi connectivity index (χ1n) is 5.74. The highest BCUT2D eigenvalue weighted by molar-refractivity contribution is 7.13. The molecule has 1 aromatic rings. The van der Waals surface area contributed by atoms with Gasteiger partial charge in [-0.15, -0.1) is 23.7 Å². The van der Waals surface area contributed by atoms with E-state index in [1.54, 1.807) is 0 Å². The number of hydrogen-bond donors (Lipinski definition) is 2. The quantitative estimate of drug-likeness (QED) is 0.898. The van der Waals surface area contributed by atoms with E-state index in [4.69, 9.17) is 17.3 Å². The molecule has 102 valence electrons. The minimum atomic E-state index is -0.293. The lowest BCUT2D eigenvalue weighted by molar-refractivity contribution is 0.0902. The van der Waals surface area contributed by atoms with E-state index in [1.807, 2.05) is 19.2 Å². The zero-order chi connectivity index (χ0) is 12.6. The maximum absolute atomic E-state index is 12.1. The average Bonchev–Trinajstić information content (AvgIpc) is 3.08. The lowest BCUT2D eigenvalue weighted by Gasteiger charge is -2.29. The number of hydrogen-bond acceptors (Lipinski definition) is 3. The Morgan fingerprint density at radius 3 is 2.67 bits per heavy atom. The van der Waals surface area contributed by atoms with Crippen LogP contribution >= 0.6 is 35.3 Å². The zero-order valence-electron chi connectivity index (χ0n) is 10.5. The second-order valence-corrected chi connectivity index (χ2v) is 6.17. The molecule has 1 heterocycles. The number of nitrogens with two attached hydrogens (primary N) is 1. The van der Waals surface area contributed by atoms with Crippen molar-refractivity contribution in [3.8, 4) is 0 Å². The second kappa shape index (κ2) is 5.78. The Morgan fingerprint density at radius 2 is 2.28 bits per heavy atom. The fourth-order valence-corrected chi connectivity index (χ4v) is 3.11. The van der Waals surface area contributed by atoms with Gasteiger partial charge < -0.3 is 11.1 Å². The van der Waals surface area contributed by atoms with Crippen molar-refractivity contribution in [2.75, 3.05) is 6.54 Å². The summed E-state index contributed by atoms with van der Waals surface area (Å²) in [6, 6.07) is 0. The number of rotatable bonds is 4. The molecule has 3 nitrogen and oxygen atoms in total. The number of carbonyl (C=O) groups is 1. The molecule has 0 radical (unpaired) electrons. The van der Waals surface area contributed by atoms with Gasteiger partial charge in [-0.1, -0.05) is 11.6 Å². The van der Waals surface area contributed by atoms with Crippen LogP contribution in [0.5, 0.6) is 0 Å². The van der Waals surface area contributed by atoms with Crippen LogP contribution in [0.4, 0.5) is 0 Å². The second-order valence-electron chi connectivity index (χ2n) is 4.91. The number of halogens is 2. The minimum Gasteiger partial charge on any atom is -0.345 e. The SMILES string of the molecule is Cc1csc(C(=O)NC(C)(CN)C2CC2)c1Cl.Cl. The molecule has 1 amide bonds. The molecule has 0 aliphatic heterocycles.